The van der Waals surface area contributed by atoms with Crippen LogP contribution in [0.3, 0.4) is 0 Å². The number of carbonyl (C=O) groups excluding carboxylic acids is 1. The van der Waals surface area contributed by atoms with Crippen molar-refractivity contribution in [3.8, 4) is 5.75 Å². The van der Waals surface area contributed by atoms with Crippen LogP contribution >= 0.6 is 0 Å². The summed E-state index contributed by atoms with van der Waals surface area (Å²) in [5, 5.41) is 5.18. The third-order valence-electron chi connectivity index (χ3n) is 5.55. The first-order chi connectivity index (χ1) is 14.1. The van der Waals surface area contributed by atoms with E-state index in [1.165, 1.54) is 5.56 Å². The highest BCUT2D eigenvalue weighted by Gasteiger charge is 2.31. The zero-order valence-electron chi connectivity index (χ0n) is 16.3. The molecule has 2 aromatic carbocycles. The number of amides is 1. The molecule has 29 heavy (non-hydrogen) atoms. The quantitative estimate of drug-likeness (QED) is 0.534. The lowest BCUT2D eigenvalue weighted by molar-refractivity contribution is 0.0695. The maximum Gasteiger partial charge on any atom is 0.289 e. The molecule has 146 valence electrons. The van der Waals surface area contributed by atoms with E-state index in [9.17, 15) is 4.79 Å². The summed E-state index contributed by atoms with van der Waals surface area (Å²) in [6.07, 6.45) is 3.89. The van der Waals surface area contributed by atoms with Crippen molar-refractivity contribution in [1.82, 2.24) is 14.7 Å². The molecule has 0 saturated heterocycles. The first-order valence-electron chi connectivity index (χ1n) is 9.56. The van der Waals surface area contributed by atoms with Crippen molar-refractivity contribution >= 4 is 16.9 Å². The number of methoxy groups -OCH3 is 1. The summed E-state index contributed by atoms with van der Waals surface area (Å²) in [5.74, 6) is 0.913. The van der Waals surface area contributed by atoms with Gasteiger partial charge in [-0.1, -0.05) is 36.4 Å². The molecule has 2 aromatic heterocycles. The van der Waals surface area contributed by atoms with Gasteiger partial charge in [-0.2, -0.15) is 5.10 Å². The van der Waals surface area contributed by atoms with Gasteiger partial charge in [0.1, 0.15) is 0 Å². The van der Waals surface area contributed by atoms with Gasteiger partial charge in [-0.25, -0.2) is 0 Å². The second-order valence-electron chi connectivity index (χ2n) is 7.37. The molecular weight excluding hydrogens is 366 g/mol. The smallest absolute Gasteiger partial charge is 0.289 e. The van der Waals surface area contributed by atoms with Crippen LogP contribution in [0.4, 0.5) is 0 Å². The molecule has 5 rings (SSSR count). The maximum atomic E-state index is 13.3. The highest BCUT2D eigenvalue weighted by molar-refractivity contribution is 5.97. The SMILES string of the molecule is COc1cccc2cc(C(=O)N3Cc4ccccc4C(c4cnn(C)c4)C3)oc12. The van der Waals surface area contributed by atoms with Gasteiger partial charge in [0, 0.05) is 37.6 Å². The predicted molar refractivity (Wildman–Crippen MR) is 109 cm³/mol. The van der Waals surface area contributed by atoms with Gasteiger partial charge in [0.2, 0.25) is 0 Å². The maximum absolute atomic E-state index is 13.3. The van der Waals surface area contributed by atoms with Crippen LogP contribution < -0.4 is 4.74 Å². The molecule has 1 aliphatic rings. The Bertz CT molecular complexity index is 1210. The van der Waals surface area contributed by atoms with Crippen LogP contribution in [0.25, 0.3) is 11.0 Å². The highest BCUT2D eigenvalue weighted by atomic mass is 16.5. The third-order valence-corrected chi connectivity index (χ3v) is 5.55. The number of nitrogens with zero attached hydrogens (tertiary/aromatic N) is 3. The summed E-state index contributed by atoms with van der Waals surface area (Å²) in [5.41, 5.74) is 4.09. The van der Waals surface area contributed by atoms with Gasteiger partial charge < -0.3 is 14.1 Å². The van der Waals surface area contributed by atoms with Crippen molar-refractivity contribution in [1.29, 1.82) is 0 Å². The summed E-state index contributed by atoms with van der Waals surface area (Å²) in [6.45, 7) is 1.13. The van der Waals surface area contributed by atoms with E-state index in [2.05, 4.69) is 17.2 Å². The number of fused-ring (bicyclic) bond motifs is 2. The number of rotatable bonds is 3. The van der Waals surface area contributed by atoms with Crippen LogP contribution in [-0.4, -0.2) is 34.2 Å². The summed E-state index contributed by atoms with van der Waals surface area (Å²) in [6, 6.07) is 15.7. The highest BCUT2D eigenvalue weighted by Crippen LogP contribution is 2.35. The fourth-order valence-electron chi connectivity index (χ4n) is 4.13. The van der Waals surface area contributed by atoms with Gasteiger partial charge in [0.15, 0.2) is 17.1 Å². The van der Waals surface area contributed by atoms with E-state index in [4.69, 9.17) is 9.15 Å². The van der Waals surface area contributed by atoms with Crippen LogP contribution in [0.5, 0.6) is 5.75 Å². The minimum absolute atomic E-state index is 0.0801. The molecule has 0 N–H and O–H groups in total. The molecule has 1 aliphatic heterocycles. The number of hydrogen-bond donors (Lipinski definition) is 0. The Labute approximate surface area is 168 Å². The Hall–Kier alpha value is -3.54. The summed E-state index contributed by atoms with van der Waals surface area (Å²) < 4.78 is 13.1. The standard InChI is InChI=1S/C23H21N3O3/c1-25-12-17(11-24-25)19-14-26(13-16-6-3-4-8-18(16)19)23(27)21-10-15-7-5-9-20(28-2)22(15)29-21/h3-12,19H,13-14H2,1-2H3. The third kappa shape index (κ3) is 2.97. The minimum Gasteiger partial charge on any atom is -0.493 e. The fraction of sp³-hybridized carbons (Fsp3) is 0.217. The molecule has 0 fully saturated rings. The van der Waals surface area contributed by atoms with Crippen molar-refractivity contribution in [2.24, 2.45) is 7.05 Å². The number of aromatic nitrogens is 2. The molecule has 0 aliphatic carbocycles. The predicted octanol–water partition coefficient (Wildman–Crippen LogP) is 3.96. The van der Waals surface area contributed by atoms with E-state index in [0.29, 0.717) is 30.2 Å². The minimum atomic E-state index is -0.119. The van der Waals surface area contributed by atoms with Gasteiger partial charge >= 0.3 is 0 Å². The van der Waals surface area contributed by atoms with Gasteiger partial charge in [0.25, 0.3) is 5.91 Å². The Morgan fingerprint density at radius 1 is 1.21 bits per heavy atom. The number of carbonyl (C=O) groups is 1. The zero-order chi connectivity index (χ0) is 20.0. The number of hydrogen-bond acceptors (Lipinski definition) is 4. The van der Waals surface area contributed by atoms with Gasteiger partial charge in [-0.3, -0.25) is 9.48 Å². The van der Waals surface area contributed by atoms with Crippen LogP contribution in [0.1, 0.15) is 33.2 Å². The molecule has 1 unspecified atom stereocenters. The molecule has 6 heteroatoms. The molecule has 1 atom stereocenters. The monoisotopic (exact) mass is 387 g/mol. The molecule has 6 nitrogen and oxygen atoms in total. The summed E-state index contributed by atoms with van der Waals surface area (Å²) in [4.78, 5) is 15.2. The number of benzene rings is 2. The van der Waals surface area contributed by atoms with E-state index in [1.807, 2.05) is 54.7 Å². The number of ether oxygens (including phenoxy) is 1. The Balaban J connectivity index is 1.52. The Kier molecular flexibility index (Phi) is 4.12. The normalized spacial score (nSPS) is 16.1. The second kappa shape index (κ2) is 6.81. The molecule has 1 amide bonds. The fourth-order valence-corrected chi connectivity index (χ4v) is 4.13. The van der Waals surface area contributed by atoms with Crippen LogP contribution in [0.15, 0.2) is 65.3 Å². The summed E-state index contributed by atoms with van der Waals surface area (Å²) in [7, 11) is 3.50. The molecule has 0 radical (unpaired) electrons. The van der Waals surface area contributed by atoms with Gasteiger partial charge in [-0.05, 0) is 28.8 Å². The van der Waals surface area contributed by atoms with E-state index >= 15 is 0 Å². The number of aryl methyl sites for hydroxylation is 1. The van der Waals surface area contributed by atoms with Crippen molar-refractivity contribution in [3.63, 3.8) is 0 Å². The average Bonchev–Trinajstić information content (AvgIpc) is 3.38. The van der Waals surface area contributed by atoms with Crippen LogP contribution in [-0.2, 0) is 13.6 Å². The molecule has 4 aromatic rings. The Morgan fingerprint density at radius 3 is 2.86 bits per heavy atom. The molecule has 3 heterocycles. The van der Waals surface area contributed by atoms with E-state index in [0.717, 1.165) is 16.5 Å². The lowest BCUT2D eigenvalue weighted by Crippen LogP contribution is -2.38. The average molecular weight is 387 g/mol. The summed E-state index contributed by atoms with van der Waals surface area (Å²) >= 11 is 0. The van der Waals surface area contributed by atoms with E-state index in [-0.39, 0.29) is 11.8 Å². The second-order valence-corrected chi connectivity index (χ2v) is 7.37. The molecule has 0 spiro atoms. The molecule has 0 saturated carbocycles. The lowest BCUT2D eigenvalue weighted by Gasteiger charge is -2.34. The van der Waals surface area contributed by atoms with Crippen molar-refractivity contribution < 1.29 is 13.9 Å². The van der Waals surface area contributed by atoms with E-state index < -0.39 is 0 Å². The van der Waals surface area contributed by atoms with Crippen molar-refractivity contribution in [3.05, 3.63) is 83.4 Å². The van der Waals surface area contributed by atoms with E-state index in [1.54, 1.807) is 17.9 Å². The number of para-hydroxylation sites is 1. The molecular formula is C23H21N3O3. The zero-order valence-corrected chi connectivity index (χ0v) is 16.3. The first-order valence-corrected chi connectivity index (χ1v) is 9.56. The van der Waals surface area contributed by atoms with Crippen LogP contribution in [0, 0.1) is 0 Å². The number of furan rings is 1. The van der Waals surface area contributed by atoms with Crippen molar-refractivity contribution in [2.75, 3.05) is 13.7 Å². The van der Waals surface area contributed by atoms with Crippen molar-refractivity contribution in [2.45, 2.75) is 12.5 Å². The largest absolute Gasteiger partial charge is 0.493 e. The lowest BCUT2D eigenvalue weighted by atomic mass is 9.86. The van der Waals surface area contributed by atoms with Crippen LogP contribution in [0.2, 0.25) is 0 Å². The molecule has 0 bridgehead atoms. The van der Waals surface area contributed by atoms with Gasteiger partial charge in [-0.15, -0.1) is 0 Å². The first kappa shape index (κ1) is 17.6. The topological polar surface area (TPSA) is 60.5 Å². The Morgan fingerprint density at radius 2 is 2.07 bits per heavy atom. The van der Waals surface area contributed by atoms with Gasteiger partial charge in [0.05, 0.1) is 13.3 Å².